The van der Waals surface area contributed by atoms with Gasteiger partial charge in [0.25, 0.3) is 0 Å². The molecule has 1 aromatic carbocycles. The van der Waals surface area contributed by atoms with E-state index in [0.717, 1.165) is 18.4 Å². The van der Waals surface area contributed by atoms with Gasteiger partial charge in [0.15, 0.2) is 0 Å². The van der Waals surface area contributed by atoms with E-state index in [0.29, 0.717) is 23.4 Å². The lowest BCUT2D eigenvalue weighted by Crippen LogP contribution is -2.47. The van der Waals surface area contributed by atoms with Crippen molar-refractivity contribution >= 4 is 17.6 Å². The molecule has 1 aliphatic carbocycles. The summed E-state index contributed by atoms with van der Waals surface area (Å²) in [4.78, 5) is 24.2. The fourth-order valence-corrected chi connectivity index (χ4v) is 3.75. The highest BCUT2D eigenvalue weighted by Crippen LogP contribution is 2.33. The van der Waals surface area contributed by atoms with E-state index >= 15 is 0 Å². The molecule has 5 heteroatoms. The number of hydrogen-bond donors (Lipinski definition) is 3. The monoisotopic (exact) mass is 345 g/mol. The van der Waals surface area contributed by atoms with E-state index in [9.17, 15) is 9.59 Å². The summed E-state index contributed by atoms with van der Waals surface area (Å²) in [6.07, 6.45) is 3.67. The Morgan fingerprint density at radius 1 is 1.20 bits per heavy atom. The van der Waals surface area contributed by atoms with Crippen LogP contribution in [-0.4, -0.2) is 25.0 Å². The maximum Gasteiger partial charge on any atom is 0.319 e. The first kappa shape index (κ1) is 19.3. The predicted molar refractivity (Wildman–Crippen MR) is 101 cm³/mol. The van der Waals surface area contributed by atoms with Gasteiger partial charge in [-0.05, 0) is 42.2 Å². The van der Waals surface area contributed by atoms with Gasteiger partial charge in [0, 0.05) is 18.8 Å². The summed E-state index contributed by atoms with van der Waals surface area (Å²) in [5.41, 5.74) is 1.50. The first-order chi connectivity index (χ1) is 11.9. The average Bonchev–Trinajstić information content (AvgIpc) is 2.56. The second kappa shape index (κ2) is 8.88. The van der Waals surface area contributed by atoms with Crippen molar-refractivity contribution in [1.29, 1.82) is 0 Å². The number of para-hydroxylation sites is 1. The molecular formula is C20H31N3O2. The van der Waals surface area contributed by atoms with Crippen molar-refractivity contribution in [2.75, 3.05) is 12.4 Å². The van der Waals surface area contributed by atoms with Crippen molar-refractivity contribution in [3.05, 3.63) is 29.8 Å². The Morgan fingerprint density at radius 2 is 1.92 bits per heavy atom. The molecule has 1 saturated carbocycles. The van der Waals surface area contributed by atoms with E-state index in [1.54, 1.807) is 7.05 Å². The summed E-state index contributed by atoms with van der Waals surface area (Å²) in [5.74, 6) is 1.64. The normalized spacial score (nSPS) is 23.2. The Bertz CT molecular complexity index is 600. The minimum atomic E-state index is -0.186. The smallest absolute Gasteiger partial charge is 0.319 e. The topological polar surface area (TPSA) is 70.2 Å². The second-order valence-electron chi connectivity index (χ2n) is 7.54. The van der Waals surface area contributed by atoms with Gasteiger partial charge in [0.1, 0.15) is 0 Å². The third-order valence-corrected chi connectivity index (χ3v) is 5.23. The Hall–Kier alpha value is -2.04. The van der Waals surface area contributed by atoms with Crippen molar-refractivity contribution in [3.8, 4) is 0 Å². The van der Waals surface area contributed by atoms with Crippen LogP contribution in [0, 0.1) is 17.8 Å². The Morgan fingerprint density at radius 3 is 2.60 bits per heavy atom. The van der Waals surface area contributed by atoms with Crippen LogP contribution >= 0.6 is 0 Å². The zero-order chi connectivity index (χ0) is 18.4. The van der Waals surface area contributed by atoms with Gasteiger partial charge in [-0.3, -0.25) is 4.79 Å². The number of urea groups is 1. The first-order valence-corrected chi connectivity index (χ1v) is 9.26. The SMILES string of the molecule is CNC(=O)Cc1ccccc1NC(=O)N[C@@H]1C[C@H](C)CC[C@H]1C(C)C. The van der Waals surface area contributed by atoms with Gasteiger partial charge < -0.3 is 16.0 Å². The first-order valence-electron chi connectivity index (χ1n) is 9.26. The van der Waals surface area contributed by atoms with Crippen LogP contribution in [0.25, 0.3) is 0 Å². The van der Waals surface area contributed by atoms with Crippen molar-refractivity contribution < 1.29 is 9.59 Å². The number of nitrogens with one attached hydrogen (secondary N) is 3. The molecule has 0 radical (unpaired) electrons. The molecule has 0 heterocycles. The molecule has 0 aliphatic heterocycles. The van der Waals surface area contributed by atoms with Crippen LogP contribution in [0.2, 0.25) is 0 Å². The number of rotatable bonds is 5. The highest BCUT2D eigenvalue weighted by Gasteiger charge is 2.31. The molecular weight excluding hydrogens is 314 g/mol. The van der Waals surface area contributed by atoms with E-state index in [1.807, 2.05) is 24.3 Å². The fourth-order valence-electron chi connectivity index (χ4n) is 3.75. The molecule has 0 bridgehead atoms. The van der Waals surface area contributed by atoms with Crippen molar-refractivity contribution in [2.24, 2.45) is 17.8 Å². The van der Waals surface area contributed by atoms with Crippen LogP contribution in [-0.2, 0) is 11.2 Å². The summed E-state index contributed by atoms with van der Waals surface area (Å²) in [7, 11) is 1.61. The standard InChI is InChI=1S/C20H31N3O2/c1-13(2)16-10-9-14(3)11-18(16)23-20(25)22-17-8-6-5-7-15(17)12-19(24)21-4/h5-8,13-14,16,18H,9-12H2,1-4H3,(H,21,24)(H2,22,23,25)/t14-,16+,18-/m1/s1. The minimum Gasteiger partial charge on any atom is -0.359 e. The van der Waals surface area contributed by atoms with E-state index < -0.39 is 0 Å². The number of anilines is 1. The zero-order valence-electron chi connectivity index (χ0n) is 15.8. The number of carbonyl (C=O) groups excluding carboxylic acids is 2. The molecule has 5 nitrogen and oxygen atoms in total. The molecule has 25 heavy (non-hydrogen) atoms. The van der Waals surface area contributed by atoms with Gasteiger partial charge in [-0.15, -0.1) is 0 Å². The maximum atomic E-state index is 12.5. The maximum absolute atomic E-state index is 12.5. The van der Waals surface area contributed by atoms with Crippen LogP contribution in [0.4, 0.5) is 10.5 Å². The van der Waals surface area contributed by atoms with Gasteiger partial charge in [0.2, 0.25) is 5.91 Å². The third-order valence-electron chi connectivity index (χ3n) is 5.23. The molecule has 3 atom stereocenters. The highest BCUT2D eigenvalue weighted by molar-refractivity contribution is 5.91. The van der Waals surface area contributed by atoms with Gasteiger partial charge in [-0.1, -0.05) is 45.4 Å². The summed E-state index contributed by atoms with van der Waals surface area (Å²) in [5, 5.41) is 8.72. The summed E-state index contributed by atoms with van der Waals surface area (Å²) >= 11 is 0. The Labute approximate surface area is 151 Å². The molecule has 1 fully saturated rings. The molecule has 1 aromatic rings. The van der Waals surface area contributed by atoms with Crippen LogP contribution in [0.3, 0.4) is 0 Å². The lowest BCUT2D eigenvalue weighted by atomic mass is 9.74. The number of amides is 3. The Balaban J connectivity index is 2.03. The third kappa shape index (κ3) is 5.48. The quantitative estimate of drug-likeness (QED) is 0.764. The summed E-state index contributed by atoms with van der Waals surface area (Å²) < 4.78 is 0. The predicted octanol–water partition coefficient (Wildman–Crippen LogP) is 3.56. The van der Waals surface area contributed by atoms with E-state index in [2.05, 4.69) is 36.7 Å². The molecule has 0 spiro atoms. The fraction of sp³-hybridized carbons (Fsp3) is 0.600. The lowest BCUT2D eigenvalue weighted by molar-refractivity contribution is -0.119. The molecule has 0 unspecified atom stereocenters. The molecule has 3 amide bonds. The number of hydrogen-bond acceptors (Lipinski definition) is 2. The van der Waals surface area contributed by atoms with Crippen LogP contribution in [0.15, 0.2) is 24.3 Å². The number of likely N-dealkylation sites (N-methyl/N-ethyl adjacent to an activating group) is 1. The zero-order valence-corrected chi connectivity index (χ0v) is 15.8. The molecule has 0 aromatic heterocycles. The van der Waals surface area contributed by atoms with Crippen LogP contribution in [0.1, 0.15) is 45.6 Å². The number of benzene rings is 1. The Kier molecular flexibility index (Phi) is 6.85. The summed E-state index contributed by atoms with van der Waals surface area (Å²) in [6.45, 7) is 6.71. The van der Waals surface area contributed by atoms with Crippen LogP contribution < -0.4 is 16.0 Å². The lowest BCUT2D eigenvalue weighted by Gasteiger charge is -2.37. The van der Waals surface area contributed by atoms with Crippen molar-refractivity contribution in [3.63, 3.8) is 0 Å². The summed E-state index contributed by atoms with van der Waals surface area (Å²) in [6, 6.07) is 7.46. The number of carbonyl (C=O) groups is 2. The molecule has 2 rings (SSSR count). The van der Waals surface area contributed by atoms with Gasteiger partial charge in [-0.2, -0.15) is 0 Å². The average molecular weight is 345 g/mol. The minimum absolute atomic E-state index is 0.0735. The second-order valence-corrected chi connectivity index (χ2v) is 7.54. The van der Waals surface area contributed by atoms with Gasteiger partial charge in [-0.25, -0.2) is 4.79 Å². The van der Waals surface area contributed by atoms with E-state index in [-0.39, 0.29) is 24.4 Å². The molecule has 3 N–H and O–H groups in total. The van der Waals surface area contributed by atoms with Crippen molar-refractivity contribution in [2.45, 2.75) is 52.5 Å². The van der Waals surface area contributed by atoms with E-state index in [4.69, 9.17) is 0 Å². The van der Waals surface area contributed by atoms with E-state index in [1.165, 1.54) is 6.42 Å². The molecule has 1 aliphatic rings. The van der Waals surface area contributed by atoms with Gasteiger partial charge in [0.05, 0.1) is 6.42 Å². The van der Waals surface area contributed by atoms with Crippen LogP contribution in [0.5, 0.6) is 0 Å². The van der Waals surface area contributed by atoms with Crippen molar-refractivity contribution in [1.82, 2.24) is 10.6 Å². The largest absolute Gasteiger partial charge is 0.359 e. The highest BCUT2D eigenvalue weighted by atomic mass is 16.2. The molecule has 0 saturated heterocycles. The van der Waals surface area contributed by atoms with Gasteiger partial charge >= 0.3 is 6.03 Å². The molecule has 138 valence electrons.